The number of ether oxygens (including phenoxy) is 1. The number of nitrogens with zero attached hydrogens (tertiary/aromatic N) is 3. The van der Waals surface area contributed by atoms with E-state index in [9.17, 15) is 9.59 Å². The third kappa shape index (κ3) is 6.15. The predicted molar refractivity (Wildman–Crippen MR) is 124 cm³/mol. The first-order valence-corrected chi connectivity index (χ1v) is 11.8. The molecule has 1 heterocycles. The fourth-order valence-corrected chi connectivity index (χ4v) is 4.38. The fraction of sp³-hybridized carbons (Fsp3) is 0.545. The molecule has 1 aromatic heterocycles. The quantitative estimate of drug-likeness (QED) is 0.408. The number of hydrogen-bond donors (Lipinski definition) is 3. The molecule has 174 valence electrons. The molecule has 10 heteroatoms. The van der Waals surface area contributed by atoms with Gasteiger partial charge in [-0.15, -0.1) is 10.2 Å². The van der Waals surface area contributed by atoms with E-state index in [1.54, 1.807) is 6.92 Å². The number of aryl methyl sites for hydroxylation is 1. The zero-order valence-corrected chi connectivity index (χ0v) is 19.9. The molecule has 1 aliphatic carbocycles. The number of imide groups is 1. The van der Waals surface area contributed by atoms with Gasteiger partial charge in [0.25, 0.3) is 0 Å². The summed E-state index contributed by atoms with van der Waals surface area (Å²) in [6, 6.07) is 5.79. The Morgan fingerprint density at radius 2 is 1.97 bits per heavy atom. The number of aromatic nitrogens is 3. The number of thioether (sulfide) groups is 1. The Morgan fingerprint density at radius 1 is 1.25 bits per heavy atom. The van der Waals surface area contributed by atoms with Gasteiger partial charge in [-0.2, -0.15) is 0 Å². The van der Waals surface area contributed by atoms with Crippen molar-refractivity contribution >= 4 is 23.7 Å². The number of nitrogen functional groups attached to an aromatic ring is 1. The number of carbonyl (C=O) groups is 2. The molecule has 1 fully saturated rings. The smallest absolute Gasteiger partial charge is 0.321 e. The summed E-state index contributed by atoms with van der Waals surface area (Å²) in [6.07, 6.45) is 4.11. The molecule has 1 saturated carbocycles. The Morgan fingerprint density at radius 3 is 2.66 bits per heavy atom. The van der Waals surface area contributed by atoms with Crippen molar-refractivity contribution in [3.8, 4) is 5.75 Å². The van der Waals surface area contributed by atoms with Crippen molar-refractivity contribution < 1.29 is 14.3 Å². The maximum absolute atomic E-state index is 12.4. The highest BCUT2D eigenvalue weighted by Gasteiger charge is 2.23. The zero-order chi connectivity index (χ0) is 23.3. The van der Waals surface area contributed by atoms with E-state index in [4.69, 9.17) is 10.6 Å². The van der Waals surface area contributed by atoms with Gasteiger partial charge >= 0.3 is 6.03 Å². The van der Waals surface area contributed by atoms with Crippen molar-refractivity contribution in [2.45, 2.75) is 82.4 Å². The lowest BCUT2D eigenvalue weighted by Crippen LogP contribution is -2.46. The number of urea groups is 1. The summed E-state index contributed by atoms with van der Waals surface area (Å²) in [5, 5.41) is 13.2. The van der Waals surface area contributed by atoms with Crippen molar-refractivity contribution in [3.63, 3.8) is 0 Å². The van der Waals surface area contributed by atoms with Crippen LogP contribution in [-0.2, 0) is 11.4 Å². The monoisotopic (exact) mass is 460 g/mol. The van der Waals surface area contributed by atoms with Crippen LogP contribution in [0.15, 0.2) is 23.4 Å². The van der Waals surface area contributed by atoms with Gasteiger partial charge in [0, 0.05) is 6.04 Å². The number of hydrogen-bond acceptors (Lipinski definition) is 7. The van der Waals surface area contributed by atoms with Crippen LogP contribution in [0.3, 0.4) is 0 Å². The Kier molecular flexibility index (Phi) is 8.00. The van der Waals surface area contributed by atoms with E-state index in [1.165, 1.54) is 4.68 Å². The van der Waals surface area contributed by atoms with Gasteiger partial charge in [0.05, 0.1) is 5.25 Å². The molecule has 0 saturated heterocycles. The van der Waals surface area contributed by atoms with Gasteiger partial charge in [-0.1, -0.05) is 50.6 Å². The second kappa shape index (κ2) is 10.7. The summed E-state index contributed by atoms with van der Waals surface area (Å²) >= 11 is 1.13. The molecule has 3 amide bonds. The maximum Gasteiger partial charge on any atom is 0.321 e. The SMILES string of the molecule is Cc1ccc(C(C)C)c(OCc2nnc(SC(C)C(=O)NC(=O)NC3CCCC3)n2N)c1. The first-order valence-electron chi connectivity index (χ1n) is 10.9. The summed E-state index contributed by atoms with van der Waals surface area (Å²) in [4.78, 5) is 24.4. The lowest BCUT2D eigenvalue weighted by atomic mass is 10.0. The first kappa shape index (κ1) is 23.9. The van der Waals surface area contributed by atoms with E-state index in [1.807, 2.05) is 13.0 Å². The average Bonchev–Trinajstić information content (AvgIpc) is 3.36. The van der Waals surface area contributed by atoms with Crippen LogP contribution < -0.4 is 21.2 Å². The van der Waals surface area contributed by atoms with Crippen LogP contribution in [-0.4, -0.2) is 38.1 Å². The minimum atomic E-state index is -0.575. The molecule has 9 nitrogen and oxygen atoms in total. The number of benzene rings is 1. The summed E-state index contributed by atoms with van der Waals surface area (Å²) in [5.41, 5.74) is 2.21. The van der Waals surface area contributed by atoms with Crippen molar-refractivity contribution in [2.75, 3.05) is 5.84 Å². The fourth-order valence-electron chi connectivity index (χ4n) is 3.59. The van der Waals surface area contributed by atoms with Crippen LogP contribution in [0.1, 0.15) is 69.3 Å². The Bertz CT molecular complexity index is 955. The van der Waals surface area contributed by atoms with Crippen molar-refractivity contribution in [3.05, 3.63) is 35.2 Å². The second-order valence-corrected chi connectivity index (χ2v) is 9.77. The highest BCUT2D eigenvalue weighted by Crippen LogP contribution is 2.28. The molecule has 0 aliphatic heterocycles. The molecule has 2 aromatic rings. The molecule has 4 N–H and O–H groups in total. The summed E-state index contributed by atoms with van der Waals surface area (Å²) in [6.45, 7) is 8.07. The highest BCUT2D eigenvalue weighted by atomic mass is 32.2. The molecule has 1 unspecified atom stereocenters. The van der Waals surface area contributed by atoms with Crippen LogP contribution in [0.2, 0.25) is 0 Å². The molecule has 1 aromatic carbocycles. The van der Waals surface area contributed by atoms with Crippen LogP contribution in [0.25, 0.3) is 0 Å². The Hall–Kier alpha value is -2.75. The van der Waals surface area contributed by atoms with Gasteiger partial charge in [0.2, 0.25) is 11.1 Å². The number of carbonyl (C=O) groups excluding carboxylic acids is 2. The lowest BCUT2D eigenvalue weighted by Gasteiger charge is -2.15. The number of amides is 3. The van der Waals surface area contributed by atoms with Crippen LogP contribution >= 0.6 is 11.8 Å². The highest BCUT2D eigenvalue weighted by molar-refractivity contribution is 8.00. The molecule has 3 rings (SSSR count). The Labute approximate surface area is 192 Å². The average molecular weight is 461 g/mol. The molecular formula is C22H32N6O3S. The standard InChI is InChI=1S/C22H32N6O3S/c1-13(2)17-10-9-14(3)11-18(17)31-12-19-26-27-22(28(19)23)32-15(4)20(29)25-21(30)24-16-7-5-6-8-16/h9-11,13,15-16H,5-8,12,23H2,1-4H3,(H2,24,25,29,30). The first-order chi connectivity index (χ1) is 15.2. The summed E-state index contributed by atoms with van der Waals surface area (Å²) in [7, 11) is 0. The van der Waals surface area contributed by atoms with Crippen LogP contribution in [0.5, 0.6) is 5.75 Å². The summed E-state index contributed by atoms with van der Waals surface area (Å²) in [5.74, 6) is 7.27. The van der Waals surface area contributed by atoms with E-state index in [2.05, 4.69) is 46.8 Å². The third-order valence-corrected chi connectivity index (χ3v) is 6.52. The Balaban J connectivity index is 1.55. The summed E-state index contributed by atoms with van der Waals surface area (Å²) < 4.78 is 7.30. The van der Waals surface area contributed by atoms with Gasteiger partial charge in [0.1, 0.15) is 12.4 Å². The topological polar surface area (TPSA) is 124 Å². The predicted octanol–water partition coefficient (Wildman–Crippen LogP) is 3.25. The molecule has 0 radical (unpaired) electrons. The van der Waals surface area contributed by atoms with Crippen molar-refractivity contribution in [2.24, 2.45) is 0 Å². The van der Waals surface area contributed by atoms with Crippen molar-refractivity contribution in [1.82, 2.24) is 25.5 Å². The number of nitrogens with two attached hydrogens (primary N) is 1. The minimum Gasteiger partial charge on any atom is -0.485 e. The van der Waals surface area contributed by atoms with Gasteiger partial charge < -0.3 is 15.9 Å². The molecule has 0 bridgehead atoms. The van der Waals surface area contributed by atoms with E-state index < -0.39 is 17.2 Å². The normalized spacial score (nSPS) is 15.0. The van der Waals surface area contributed by atoms with E-state index in [0.29, 0.717) is 16.9 Å². The van der Waals surface area contributed by atoms with Gasteiger partial charge in [-0.25, -0.2) is 9.47 Å². The minimum absolute atomic E-state index is 0.144. The van der Waals surface area contributed by atoms with Crippen LogP contribution in [0, 0.1) is 6.92 Å². The maximum atomic E-state index is 12.4. The van der Waals surface area contributed by atoms with E-state index >= 15 is 0 Å². The van der Waals surface area contributed by atoms with E-state index in [-0.39, 0.29) is 12.6 Å². The van der Waals surface area contributed by atoms with Crippen LogP contribution in [0.4, 0.5) is 4.79 Å². The van der Waals surface area contributed by atoms with Crippen molar-refractivity contribution in [1.29, 1.82) is 0 Å². The largest absolute Gasteiger partial charge is 0.485 e. The van der Waals surface area contributed by atoms with Gasteiger partial charge in [-0.3, -0.25) is 10.1 Å². The molecule has 32 heavy (non-hydrogen) atoms. The molecule has 1 aliphatic rings. The van der Waals surface area contributed by atoms with Gasteiger partial charge in [0.15, 0.2) is 5.82 Å². The third-order valence-electron chi connectivity index (χ3n) is 5.46. The zero-order valence-electron chi connectivity index (χ0n) is 19.1. The number of nitrogens with one attached hydrogen (secondary N) is 2. The van der Waals surface area contributed by atoms with Gasteiger partial charge in [-0.05, 0) is 49.8 Å². The number of rotatable bonds is 8. The molecular weight excluding hydrogens is 428 g/mol. The molecule has 1 atom stereocenters. The van der Waals surface area contributed by atoms with E-state index in [0.717, 1.165) is 54.3 Å². The second-order valence-electron chi connectivity index (χ2n) is 8.46. The lowest BCUT2D eigenvalue weighted by molar-refractivity contribution is -0.119. The molecule has 0 spiro atoms.